The number of anilines is 2. The first-order valence-electron chi connectivity index (χ1n) is 8.93. The van der Waals surface area contributed by atoms with Gasteiger partial charge in [0.1, 0.15) is 11.9 Å². The lowest BCUT2D eigenvalue weighted by Crippen LogP contribution is -2.14. The number of aromatic nitrogens is 2. The van der Waals surface area contributed by atoms with Crippen molar-refractivity contribution < 1.29 is 22.7 Å². The third kappa shape index (κ3) is 4.16. The predicted octanol–water partition coefficient (Wildman–Crippen LogP) is 3.86. The molecule has 0 saturated carbocycles. The molecule has 0 unspecified atom stereocenters. The number of nitrogens with zero attached hydrogens (tertiary/aromatic N) is 4. The third-order valence-corrected chi connectivity index (χ3v) is 4.58. The SMILES string of the molecule is COC(=O)c1c(N)c(C#N)cn1-c1ccc(-c2cc(C(F)(F)F)cc(N(C)C)n2)cc1. The van der Waals surface area contributed by atoms with Crippen LogP contribution in [0.25, 0.3) is 16.9 Å². The van der Waals surface area contributed by atoms with Crippen molar-refractivity contribution in [2.24, 2.45) is 0 Å². The highest BCUT2D eigenvalue weighted by Gasteiger charge is 2.32. The van der Waals surface area contributed by atoms with E-state index >= 15 is 0 Å². The predicted molar refractivity (Wildman–Crippen MR) is 109 cm³/mol. The Morgan fingerprint density at radius 2 is 1.87 bits per heavy atom. The van der Waals surface area contributed by atoms with Crippen LogP contribution in [-0.2, 0) is 10.9 Å². The van der Waals surface area contributed by atoms with Gasteiger partial charge in [0.25, 0.3) is 0 Å². The number of esters is 1. The lowest BCUT2D eigenvalue weighted by atomic mass is 10.1. The minimum Gasteiger partial charge on any atom is -0.464 e. The van der Waals surface area contributed by atoms with E-state index in [-0.39, 0.29) is 28.5 Å². The summed E-state index contributed by atoms with van der Waals surface area (Å²) in [5, 5.41) is 9.21. The molecule has 7 nitrogen and oxygen atoms in total. The number of pyridine rings is 1. The average Bonchev–Trinajstić information content (AvgIpc) is 3.08. The quantitative estimate of drug-likeness (QED) is 0.633. The molecule has 0 radical (unpaired) electrons. The molecular weight excluding hydrogens is 411 g/mol. The average molecular weight is 429 g/mol. The molecule has 0 aliphatic rings. The highest BCUT2D eigenvalue weighted by atomic mass is 19.4. The number of nitrogens with two attached hydrogens (primary N) is 1. The summed E-state index contributed by atoms with van der Waals surface area (Å²) >= 11 is 0. The Morgan fingerprint density at radius 1 is 1.23 bits per heavy atom. The van der Waals surface area contributed by atoms with Crippen molar-refractivity contribution in [3.05, 3.63) is 59.4 Å². The van der Waals surface area contributed by atoms with Crippen molar-refractivity contribution in [2.75, 3.05) is 31.8 Å². The molecule has 10 heteroatoms. The molecule has 31 heavy (non-hydrogen) atoms. The number of carbonyl (C=O) groups is 1. The first-order chi connectivity index (χ1) is 14.6. The van der Waals surface area contributed by atoms with Crippen LogP contribution in [0, 0.1) is 11.3 Å². The number of methoxy groups -OCH3 is 1. The number of nitrogen functional groups attached to an aromatic ring is 1. The lowest BCUT2D eigenvalue weighted by molar-refractivity contribution is -0.137. The zero-order valence-electron chi connectivity index (χ0n) is 16.9. The maximum Gasteiger partial charge on any atom is 0.416 e. The van der Waals surface area contributed by atoms with E-state index in [1.807, 2.05) is 6.07 Å². The summed E-state index contributed by atoms with van der Waals surface area (Å²) < 4.78 is 46.1. The van der Waals surface area contributed by atoms with Crippen LogP contribution >= 0.6 is 0 Å². The number of rotatable bonds is 4. The summed E-state index contributed by atoms with van der Waals surface area (Å²) in [5.74, 6) is -0.558. The number of hydrogen-bond acceptors (Lipinski definition) is 6. The van der Waals surface area contributed by atoms with Gasteiger partial charge in [-0.1, -0.05) is 12.1 Å². The van der Waals surface area contributed by atoms with E-state index in [2.05, 4.69) is 4.98 Å². The third-order valence-electron chi connectivity index (χ3n) is 4.58. The molecule has 0 atom stereocenters. The highest BCUT2D eigenvalue weighted by molar-refractivity contribution is 5.96. The number of alkyl halides is 3. The molecule has 0 bridgehead atoms. The second kappa shape index (κ2) is 8.02. The van der Waals surface area contributed by atoms with Crippen LogP contribution in [0.15, 0.2) is 42.6 Å². The summed E-state index contributed by atoms with van der Waals surface area (Å²) in [7, 11) is 4.40. The molecule has 0 spiro atoms. The topological polar surface area (TPSA) is 97.2 Å². The largest absolute Gasteiger partial charge is 0.464 e. The first-order valence-corrected chi connectivity index (χ1v) is 8.93. The molecular formula is C21H18F3N5O2. The van der Waals surface area contributed by atoms with Crippen molar-refractivity contribution in [3.63, 3.8) is 0 Å². The molecule has 0 aliphatic heterocycles. The number of halogens is 3. The Hall–Kier alpha value is -4.00. The van der Waals surface area contributed by atoms with Gasteiger partial charge in [-0.3, -0.25) is 0 Å². The molecule has 160 valence electrons. The molecule has 3 rings (SSSR count). The lowest BCUT2D eigenvalue weighted by Gasteiger charge is -2.16. The molecule has 0 fully saturated rings. The molecule has 2 N–H and O–H groups in total. The Kier molecular flexibility index (Phi) is 5.62. The molecule has 1 aromatic carbocycles. The van der Waals surface area contributed by atoms with E-state index in [0.29, 0.717) is 11.3 Å². The standard InChI is InChI=1S/C21H18F3N5O2/c1-28(2)17-9-14(21(22,23)24)8-16(27-17)12-4-6-15(7-5-12)29-11-13(10-25)18(26)19(29)20(30)31-3/h4-9,11H,26H2,1-3H3. The van der Waals surface area contributed by atoms with Crippen LogP contribution in [0.2, 0.25) is 0 Å². The van der Waals surface area contributed by atoms with Crippen LogP contribution in [0.3, 0.4) is 0 Å². The van der Waals surface area contributed by atoms with Gasteiger partial charge in [-0.15, -0.1) is 0 Å². The van der Waals surface area contributed by atoms with Crippen molar-refractivity contribution in [3.8, 4) is 23.0 Å². The van der Waals surface area contributed by atoms with Crippen molar-refractivity contribution in [1.82, 2.24) is 9.55 Å². The zero-order valence-corrected chi connectivity index (χ0v) is 16.9. The molecule has 3 aromatic rings. The number of ether oxygens (including phenoxy) is 1. The van der Waals surface area contributed by atoms with Crippen LogP contribution in [-0.4, -0.2) is 36.7 Å². The van der Waals surface area contributed by atoms with Crippen LogP contribution in [0.5, 0.6) is 0 Å². The van der Waals surface area contributed by atoms with Crippen LogP contribution < -0.4 is 10.6 Å². The van der Waals surface area contributed by atoms with Crippen molar-refractivity contribution in [2.45, 2.75) is 6.18 Å². The molecule has 0 saturated heterocycles. The second-order valence-corrected chi connectivity index (χ2v) is 6.82. The zero-order chi connectivity index (χ0) is 22.9. The fourth-order valence-corrected chi connectivity index (χ4v) is 2.97. The van der Waals surface area contributed by atoms with Crippen LogP contribution in [0.1, 0.15) is 21.6 Å². The summed E-state index contributed by atoms with van der Waals surface area (Å²) in [6, 6.07) is 10.2. The van der Waals surface area contributed by atoms with E-state index < -0.39 is 17.7 Å². The Balaban J connectivity index is 2.09. The number of benzene rings is 1. The molecule has 0 aliphatic carbocycles. The summed E-state index contributed by atoms with van der Waals surface area (Å²) in [6.07, 6.45) is -3.13. The molecule has 2 heterocycles. The monoisotopic (exact) mass is 429 g/mol. The van der Waals surface area contributed by atoms with Crippen LogP contribution in [0.4, 0.5) is 24.7 Å². The van der Waals surface area contributed by atoms with E-state index in [4.69, 9.17) is 10.5 Å². The van der Waals surface area contributed by atoms with Gasteiger partial charge in [0, 0.05) is 31.5 Å². The molecule has 2 aromatic heterocycles. The van der Waals surface area contributed by atoms with Gasteiger partial charge in [0.15, 0.2) is 5.69 Å². The summed E-state index contributed by atoms with van der Waals surface area (Å²) in [6.45, 7) is 0. The van der Waals surface area contributed by atoms with E-state index in [1.54, 1.807) is 38.4 Å². The fraction of sp³-hybridized carbons (Fsp3) is 0.190. The van der Waals surface area contributed by atoms with Gasteiger partial charge >= 0.3 is 12.1 Å². The summed E-state index contributed by atoms with van der Waals surface area (Å²) in [5.41, 5.74) is 6.19. The van der Waals surface area contributed by atoms with Crippen molar-refractivity contribution >= 4 is 17.5 Å². The van der Waals surface area contributed by atoms with Gasteiger partial charge in [0.05, 0.1) is 29.6 Å². The normalized spacial score (nSPS) is 11.1. The minimum atomic E-state index is -4.52. The van der Waals surface area contributed by atoms with Gasteiger partial charge in [-0.05, 0) is 24.3 Å². The van der Waals surface area contributed by atoms with Gasteiger partial charge in [-0.2, -0.15) is 18.4 Å². The van der Waals surface area contributed by atoms with E-state index in [0.717, 1.165) is 12.1 Å². The Morgan fingerprint density at radius 3 is 2.39 bits per heavy atom. The number of nitriles is 1. The maximum absolute atomic E-state index is 13.3. The van der Waals surface area contributed by atoms with Crippen molar-refractivity contribution in [1.29, 1.82) is 5.26 Å². The van der Waals surface area contributed by atoms with Gasteiger partial charge < -0.3 is 19.9 Å². The highest BCUT2D eigenvalue weighted by Crippen LogP contribution is 2.34. The fourth-order valence-electron chi connectivity index (χ4n) is 2.97. The second-order valence-electron chi connectivity index (χ2n) is 6.82. The molecule has 0 amide bonds. The number of hydrogen-bond donors (Lipinski definition) is 1. The first kappa shape index (κ1) is 21.7. The minimum absolute atomic E-state index is 0.0149. The van der Waals surface area contributed by atoms with Gasteiger partial charge in [-0.25, -0.2) is 9.78 Å². The summed E-state index contributed by atoms with van der Waals surface area (Å²) in [4.78, 5) is 17.9. The number of carbonyl (C=O) groups excluding carboxylic acids is 1. The van der Waals surface area contributed by atoms with E-state index in [9.17, 15) is 23.2 Å². The Bertz CT molecular complexity index is 1180. The maximum atomic E-state index is 13.3. The smallest absolute Gasteiger partial charge is 0.416 e. The van der Waals surface area contributed by atoms with E-state index in [1.165, 1.54) is 22.8 Å². The Labute approximate surface area is 176 Å². The van der Waals surface area contributed by atoms with Gasteiger partial charge in [0.2, 0.25) is 0 Å².